The van der Waals surface area contributed by atoms with Crippen LogP contribution in [0.15, 0.2) is 41.2 Å². The molecule has 2 aromatic rings. The van der Waals surface area contributed by atoms with Gasteiger partial charge in [-0.05, 0) is 0 Å². The number of aliphatic hydroxyl groups is 1. The topological polar surface area (TPSA) is 40.8 Å². The van der Waals surface area contributed by atoms with E-state index in [1.54, 1.807) is 5.01 Å². The first-order chi connectivity index (χ1) is 10.2. The first-order valence-electron chi connectivity index (χ1n) is 6.71. The predicted octanol–water partition coefficient (Wildman–Crippen LogP) is 2.84. The van der Waals surface area contributed by atoms with E-state index < -0.39 is 0 Å². The maximum absolute atomic E-state index is 9.55. The van der Waals surface area contributed by atoms with Crippen LogP contribution in [-0.2, 0) is 13.0 Å². The van der Waals surface area contributed by atoms with E-state index in [-0.39, 0.29) is 6.61 Å². The average Bonchev–Trinajstić information content (AvgIpc) is 2.84. The SMILES string of the molecule is C=NN1/C(=C\C)Cc2c(CO)bcn2-c2ccc(Cl)cc21. The van der Waals surface area contributed by atoms with Crippen molar-refractivity contribution >= 4 is 30.9 Å². The number of hydrazone groups is 1. The van der Waals surface area contributed by atoms with Crippen molar-refractivity contribution in [2.75, 3.05) is 5.01 Å². The van der Waals surface area contributed by atoms with E-state index >= 15 is 0 Å². The fourth-order valence-corrected chi connectivity index (χ4v) is 2.90. The van der Waals surface area contributed by atoms with E-state index in [9.17, 15) is 5.11 Å². The van der Waals surface area contributed by atoms with Crippen molar-refractivity contribution in [3.05, 3.63) is 52.2 Å². The van der Waals surface area contributed by atoms with Crippen LogP contribution in [0.4, 0.5) is 5.69 Å². The number of nitrogens with zero attached hydrogens (tertiary/aromatic N) is 3. The molecule has 106 valence electrons. The zero-order valence-electron chi connectivity index (χ0n) is 11.8. The Morgan fingerprint density at radius 1 is 1.48 bits per heavy atom. The molecule has 0 amide bonds. The van der Waals surface area contributed by atoms with Crippen LogP contribution in [0.1, 0.15) is 18.1 Å². The Hall–Kier alpha value is -1.85. The molecular formula is C15H15BClN3O. The van der Waals surface area contributed by atoms with Gasteiger partial charge in [-0.1, -0.05) is 0 Å². The Bertz CT molecular complexity index is 739. The first-order valence-corrected chi connectivity index (χ1v) is 7.09. The fraction of sp³-hybridized carbons (Fsp3) is 0.200. The number of aliphatic hydroxyl groups excluding tert-OH is 1. The summed E-state index contributed by atoms with van der Waals surface area (Å²) >= 11 is 6.15. The van der Waals surface area contributed by atoms with Gasteiger partial charge in [0.2, 0.25) is 0 Å². The van der Waals surface area contributed by atoms with Gasteiger partial charge in [-0.15, -0.1) is 0 Å². The normalized spacial score (nSPS) is 15.4. The van der Waals surface area contributed by atoms with Crippen LogP contribution < -0.4 is 5.01 Å². The number of halogens is 1. The van der Waals surface area contributed by atoms with Crippen molar-refractivity contribution in [2.45, 2.75) is 20.0 Å². The van der Waals surface area contributed by atoms with E-state index in [1.165, 1.54) is 0 Å². The van der Waals surface area contributed by atoms with Gasteiger partial charge in [-0.25, -0.2) is 0 Å². The summed E-state index contributed by atoms with van der Waals surface area (Å²) in [5.74, 6) is 0. The van der Waals surface area contributed by atoms with Gasteiger partial charge in [0.25, 0.3) is 0 Å². The maximum atomic E-state index is 9.55. The molecule has 1 aromatic heterocycles. The second kappa shape index (κ2) is 5.50. The molecule has 0 fully saturated rings. The number of aromatic nitrogens is 1. The number of allylic oxidation sites excluding steroid dienone is 2. The summed E-state index contributed by atoms with van der Waals surface area (Å²) in [6.07, 6.45) is 4.64. The monoisotopic (exact) mass is 299 g/mol. The van der Waals surface area contributed by atoms with Gasteiger partial charge in [0, 0.05) is 0 Å². The summed E-state index contributed by atoms with van der Waals surface area (Å²) in [6, 6.07) is 5.69. The van der Waals surface area contributed by atoms with Gasteiger partial charge >= 0.3 is 129 Å². The third-order valence-corrected chi connectivity index (χ3v) is 4.01. The van der Waals surface area contributed by atoms with Crippen LogP contribution in [-0.4, -0.2) is 23.3 Å². The van der Waals surface area contributed by atoms with E-state index in [4.69, 9.17) is 11.6 Å². The summed E-state index contributed by atoms with van der Waals surface area (Å²) in [5.41, 5.74) is 4.82. The molecule has 0 unspecified atom stereocenters. The molecule has 3 rings (SSSR count). The number of hydrogen-bond donors (Lipinski definition) is 1. The second-order valence-corrected chi connectivity index (χ2v) is 5.30. The molecule has 4 nitrogen and oxygen atoms in total. The Balaban J connectivity index is 2.33. The molecule has 21 heavy (non-hydrogen) atoms. The van der Waals surface area contributed by atoms with Crippen LogP contribution in [0.25, 0.3) is 5.69 Å². The van der Waals surface area contributed by atoms with Crippen molar-refractivity contribution < 1.29 is 5.11 Å². The molecule has 6 heteroatoms. The van der Waals surface area contributed by atoms with E-state index in [2.05, 4.69) is 16.4 Å². The van der Waals surface area contributed by atoms with Crippen LogP contribution in [0.2, 0.25) is 5.02 Å². The van der Waals surface area contributed by atoms with E-state index in [1.807, 2.05) is 44.2 Å². The van der Waals surface area contributed by atoms with Crippen LogP contribution >= 0.6 is 11.6 Å². The molecule has 0 saturated carbocycles. The number of benzene rings is 1. The predicted molar refractivity (Wildman–Crippen MR) is 87.5 cm³/mol. The first kappa shape index (κ1) is 14.1. The molecule has 0 spiro atoms. The number of hydrogen-bond acceptors (Lipinski definition) is 3. The Morgan fingerprint density at radius 2 is 2.29 bits per heavy atom. The van der Waals surface area contributed by atoms with Gasteiger partial charge in [-0.3, -0.25) is 0 Å². The minimum absolute atomic E-state index is 0.0176. The molecular weight excluding hydrogens is 284 g/mol. The zero-order valence-corrected chi connectivity index (χ0v) is 12.5. The zero-order chi connectivity index (χ0) is 15.0. The molecule has 1 aromatic carbocycles. The molecule has 0 saturated heterocycles. The quantitative estimate of drug-likeness (QED) is 0.866. The molecule has 0 aliphatic carbocycles. The fourth-order valence-electron chi connectivity index (χ4n) is 2.74. The summed E-state index contributed by atoms with van der Waals surface area (Å²) in [4.78, 5) is 0. The van der Waals surface area contributed by atoms with Crippen molar-refractivity contribution in [2.24, 2.45) is 5.10 Å². The molecule has 2 heterocycles. The van der Waals surface area contributed by atoms with E-state index in [0.29, 0.717) is 11.4 Å². The third kappa shape index (κ3) is 2.22. The molecule has 0 atom stereocenters. The summed E-state index contributed by atoms with van der Waals surface area (Å²) in [7, 11) is 0. The minimum atomic E-state index is 0.0176. The van der Waals surface area contributed by atoms with Crippen molar-refractivity contribution in [1.29, 1.82) is 0 Å². The third-order valence-electron chi connectivity index (χ3n) is 3.78. The molecule has 0 radical (unpaired) electrons. The Morgan fingerprint density at radius 3 is 2.95 bits per heavy atom. The van der Waals surface area contributed by atoms with Gasteiger partial charge in [-0.2, -0.15) is 0 Å². The molecule has 1 N–H and O–H groups in total. The van der Waals surface area contributed by atoms with E-state index in [0.717, 1.165) is 28.2 Å². The number of rotatable bonds is 2. The van der Waals surface area contributed by atoms with Gasteiger partial charge < -0.3 is 0 Å². The number of fused-ring (bicyclic) bond motifs is 3. The molecule has 0 bridgehead atoms. The summed E-state index contributed by atoms with van der Waals surface area (Å²) < 4.78 is 2.08. The summed E-state index contributed by atoms with van der Waals surface area (Å²) in [6.45, 7) is 7.60. The van der Waals surface area contributed by atoms with Gasteiger partial charge in [0.1, 0.15) is 0 Å². The summed E-state index contributed by atoms with van der Waals surface area (Å²) in [5, 5.41) is 16.1. The Labute approximate surface area is 129 Å². The average molecular weight is 300 g/mol. The second-order valence-electron chi connectivity index (χ2n) is 4.86. The van der Waals surface area contributed by atoms with Crippen molar-refractivity contribution in [3.8, 4) is 5.69 Å². The van der Waals surface area contributed by atoms with Gasteiger partial charge in [0.15, 0.2) is 0 Å². The van der Waals surface area contributed by atoms with Gasteiger partial charge in [0.05, 0.1) is 0 Å². The van der Waals surface area contributed by atoms with Crippen molar-refractivity contribution in [1.82, 2.24) is 4.57 Å². The van der Waals surface area contributed by atoms with Crippen LogP contribution in [0, 0.1) is 0 Å². The molecule has 1 aliphatic heterocycles. The number of anilines is 1. The standard InChI is InChI=1S/C15H15BClN3O/c1-3-11-7-14-12(8-21)16-9-19(14)13-5-4-10(17)6-15(13)20(11)18-2/h3-6,9,21H,2,7-8H2,1H3/b11-3-. The van der Waals surface area contributed by atoms with Crippen LogP contribution in [0.5, 0.6) is 0 Å². The molecule has 1 aliphatic rings. The van der Waals surface area contributed by atoms with Crippen LogP contribution in [0.3, 0.4) is 0 Å². The van der Waals surface area contributed by atoms with Crippen molar-refractivity contribution in [3.63, 3.8) is 0 Å². The Kier molecular flexibility index (Phi) is 3.70.